The predicted molar refractivity (Wildman–Crippen MR) is 39.4 cm³/mol. The highest BCUT2D eigenvalue weighted by atomic mass is 32.1. The lowest BCUT2D eigenvalue weighted by Gasteiger charge is -1.72. The minimum absolute atomic E-state index is 0. The van der Waals surface area contributed by atoms with Crippen molar-refractivity contribution in [3.8, 4) is 0 Å². The molecule has 0 heterocycles. The molecule has 0 saturated carbocycles. The molecular weight excluding hydrogens is 206 g/mol. The molecule has 0 aliphatic carbocycles. The maximum Gasteiger partial charge on any atom is 0.543 e. The Hall–Kier alpha value is 0.780. The van der Waals surface area contributed by atoms with E-state index >= 15 is 0 Å². The molecular formula is H6O5P2S2+2. The van der Waals surface area contributed by atoms with E-state index < -0.39 is 16.5 Å². The van der Waals surface area contributed by atoms with Crippen molar-refractivity contribution in [2.75, 3.05) is 0 Å². The van der Waals surface area contributed by atoms with Gasteiger partial charge in [-0.2, -0.15) is 0 Å². The van der Waals surface area contributed by atoms with Crippen LogP contribution >= 0.6 is 16.5 Å². The lowest BCUT2D eigenvalue weighted by Crippen LogP contribution is -1.90. The van der Waals surface area contributed by atoms with Crippen molar-refractivity contribution in [2.24, 2.45) is 0 Å². The Balaban J connectivity index is -0.000000180. The summed E-state index contributed by atoms with van der Waals surface area (Å²) in [5.74, 6) is 0. The van der Waals surface area contributed by atoms with Gasteiger partial charge in [-0.1, -0.05) is 27.0 Å². The molecule has 5 nitrogen and oxygen atoms in total. The van der Waals surface area contributed by atoms with Gasteiger partial charge in [0.2, 0.25) is 0 Å². The van der Waals surface area contributed by atoms with Gasteiger partial charge in [0.1, 0.15) is 4.31 Å². The number of hydrogen-bond donors (Lipinski definition) is 0. The zero-order valence-corrected chi connectivity index (χ0v) is 8.19. The Labute approximate surface area is 67.2 Å². The van der Waals surface area contributed by atoms with Crippen LogP contribution < -0.4 is 9.79 Å². The van der Waals surface area contributed by atoms with Crippen molar-refractivity contribution in [3.63, 3.8) is 0 Å². The SMILES string of the molecule is O=[P+]([O-])O[P+](=O)[O-].[SH3+].[SH3+]. The van der Waals surface area contributed by atoms with Gasteiger partial charge in [-0.3, -0.25) is 0 Å². The first kappa shape index (κ1) is 16.4. The van der Waals surface area contributed by atoms with Crippen LogP contribution in [-0.2, 0) is 40.4 Å². The summed E-state index contributed by atoms with van der Waals surface area (Å²) in [5.41, 5.74) is 0. The average Bonchev–Trinajstić information content (AvgIpc) is 1.27. The van der Waals surface area contributed by atoms with Crippen LogP contribution in [0.2, 0.25) is 0 Å². The first-order valence-corrected chi connectivity index (χ1v) is 3.29. The second-order valence-corrected chi connectivity index (χ2v) is 2.08. The molecule has 0 aliphatic rings. The highest BCUT2D eigenvalue weighted by Crippen LogP contribution is 2.24. The smallest absolute Gasteiger partial charge is 0.543 e. The first-order valence-electron chi connectivity index (χ1n) is 1.10. The van der Waals surface area contributed by atoms with E-state index in [1.165, 1.54) is 0 Å². The first-order chi connectivity index (χ1) is 3.13. The fourth-order valence-electron chi connectivity index (χ4n) is 0.0544. The zero-order valence-electron chi connectivity index (χ0n) is 4.09. The Morgan fingerprint density at radius 2 is 1.22 bits per heavy atom. The van der Waals surface area contributed by atoms with E-state index in [2.05, 4.69) is 4.31 Å². The second-order valence-electron chi connectivity index (χ2n) is 0.529. The quantitative estimate of drug-likeness (QED) is 0.370. The standard InChI is InChI=1S/O5P2.2H2S/c1-6(2)5-7(3)4;;/h;2*1H2/p+2. The summed E-state index contributed by atoms with van der Waals surface area (Å²) in [5, 5.41) is 0. The highest BCUT2D eigenvalue weighted by molar-refractivity contribution is 7.44. The van der Waals surface area contributed by atoms with Crippen LogP contribution in [0, 0.1) is 0 Å². The summed E-state index contributed by atoms with van der Waals surface area (Å²) in [7, 11) is -6.47. The summed E-state index contributed by atoms with van der Waals surface area (Å²) in [6, 6.07) is 0. The van der Waals surface area contributed by atoms with Gasteiger partial charge >= 0.3 is 16.5 Å². The van der Waals surface area contributed by atoms with E-state index in [-0.39, 0.29) is 27.0 Å². The Morgan fingerprint density at radius 3 is 1.22 bits per heavy atom. The van der Waals surface area contributed by atoms with Crippen LogP contribution in [-0.4, -0.2) is 0 Å². The zero-order chi connectivity index (χ0) is 5.86. The summed E-state index contributed by atoms with van der Waals surface area (Å²) in [4.78, 5) is 18.5. The maximum atomic E-state index is 9.24. The van der Waals surface area contributed by atoms with Gasteiger partial charge in [-0.15, -0.1) is 0 Å². The summed E-state index contributed by atoms with van der Waals surface area (Å²) < 4.78 is 21.6. The molecule has 0 saturated heterocycles. The average molecular weight is 212 g/mol. The molecule has 0 aliphatic heterocycles. The molecule has 0 bridgehead atoms. The molecule has 56 valence electrons. The third-order valence-electron chi connectivity index (χ3n) is 0.133. The Kier molecular flexibility index (Phi) is 16.0. The van der Waals surface area contributed by atoms with Gasteiger partial charge in [0.15, 0.2) is 0 Å². The van der Waals surface area contributed by atoms with Crippen LogP contribution in [0.4, 0.5) is 0 Å². The summed E-state index contributed by atoms with van der Waals surface area (Å²) in [6.07, 6.45) is 0. The van der Waals surface area contributed by atoms with Gasteiger partial charge in [0, 0.05) is 0 Å². The topological polar surface area (TPSA) is 89.5 Å². The summed E-state index contributed by atoms with van der Waals surface area (Å²) >= 11 is 0. The van der Waals surface area contributed by atoms with E-state index in [4.69, 9.17) is 0 Å². The molecule has 2 unspecified atom stereocenters. The minimum atomic E-state index is -3.24. The van der Waals surface area contributed by atoms with Crippen molar-refractivity contribution in [3.05, 3.63) is 0 Å². The third kappa shape index (κ3) is 17.7. The monoisotopic (exact) mass is 212 g/mol. The molecule has 0 aromatic heterocycles. The molecule has 0 rings (SSSR count). The lowest BCUT2D eigenvalue weighted by molar-refractivity contribution is -0.198. The van der Waals surface area contributed by atoms with Gasteiger partial charge in [0.25, 0.3) is 0 Å². The molecule has 0 aromatic rings. The van der Waals surface area contributed by atoms with Gasteiger partial charge in [-0.25, -0.2) is 0 Å². The molecule has 0 spiro atoms. The normalized spacial score (nSPS) is 10.4. The molecule has 9 heteroatoms. The van der Waals surface area contributed by atoms with Crippen LogP contribution in [0.5, 0.6) is 0 Å². The molecule has 0 amide bonds. The van der Waals surface area contributed by atoms with Crippen molar-refractivity contribution in [2.45, 2.75) is 0 Å². The Bertz CT molecular complexity index is 89.1. The van der Waals surface area contributed by atoms with Crippen molar-refractivity contribution < 1.29 is 23.2 Å². The predicted octanol–water partition coefficient (Wildman–Crippen LogP) is -2.57. The molecule has 0 N–H and O–H groups in total. The largest absolute Gasteiger partial charge is 0.563 e. The Morgan fingerprint density at radius 1 is 1.00 bits per heavy atom. The fourth-order valence-corrected chi connectivity index (χ4v) is 0.490. The van der Waals surface area contributed by atoms with Gasteiger partial charge in [0.05, 0.1) is 0 Å². The van der Waals surface area contributed by atoms with Crippen molar-refractivity contribution in [1.82, 2.24) is 0 Å². The van der Waals surface area contributed by atoms with E-state index in [1.807, 2.05) is 0 Å². The molecule has 0 fully saturated rings. The van der Waals surface area contributed by atoms with E-state index in [1.54, 1.807) is 0 Å². The van der Waals surface area contributed by atoms with Gasteiger partial charge in [-0.05, 0) is 9.13 Å². The number of rotatable bonds is 2. The fraction of sp³-hybridized carbons (Fsp3) is 0. The van der Waals surface area contributed by atoms with Crippen LogP contribution in [0.3, 0.4) is 0 Å². The third-order valence-corrected chi connectivity index (χ3v) is 1.20. The van der Waals surface area contributed by atoms with E-state index in [9.17, 15) is 18.9 Å². The highest BCUT2D eigenvalue weighted by Gasteiger charge is 2.13. The van der Waals surface area contributed by atoms with Crippen LogP contribution in [0.1, 0.15) is 0 Å². The van der Waals surface area contributed by atoms with Crippen molar-refractivity contribution in [1.29, 1.82) is 0 Å². The van der Waals surface area contributed by atoms with Gasteiger partial charge < -0.3 is 9.79 Å². The molecule has 0 aromatic carbocycles. The van der Waals surface area contributed by atoms with E-state index in [0.29, 0.717) is 0 Å². The molecule has 2 atom stereocenters. The summed E-state index contributed by atoms with van der Waals surface area (Å²) in [6.45, 7) is 0. The maximum absolute atomic E-state index is 9.24. The van der Waals surface area contributed by atoms with Crippen molar-refractivity contribution >= 4 is 43.5 Å². The van der Waals surface area contributed by atoms with Crippen LogP contribution in [0.15, 0.2) is 0 Å². The molecule has 0 radical (unpaired) electrons. The minimum Gasteiger partial charge on any atom is -0.563 e. The van der Waals surface area contributed by atoms with E-state index in [0.717, 1.165) is 0 Å². The molecule has 9 heavy (non-hydrogen) atoms. The van der Waals surface area contributed by atoms with Crippen LogP contribution in [0.25, 0.3) is 0 Å². The second kappa shape index (κ2) is 8.78. The lowest BCUT2D eigenvalue weighted by atomic mass is 15.8. The number of hydrogen-bond acceptors (Lipinski definition) is 5.